The lowest BCUT2D eigenvalue weighted by molar-refractivity contribution is -0.139. The highest BCUT2D eigenvalue weighted by Gasteiger charge is 2.48. The van der Waals surface area contributed by atoms with Crippen LogP contribution in [-0.2, 0) is 9.59 Å². The van der Waals surface area contributed by atoms with E-state index in [9.17, 15) is 27.6 Å². The van der Waals surface area contributed by atoms with Crippen LogP contribution in [-0.4, -0.2) is 59.4 Å². The lowest BCUT2D eigenvalue weighted by Crippen LogP contribution is -2.50. The second-order valence-corrected chi connectivity index (χ2v) is 11.6. The summed E-state index contributed by atoms with van der Waals surface area (Å²) < 4.78 is 54.2. The molecule has 3 fully saturated rings. The molecule has 42 heavy (non-hydrogen) atoms. The number of rotatable bonds is 11. The van der Waals surface area contributed by atoms with E-state index < -0.39 is 48.2 Å². The van der Waals surface area contributed by atoms with E-state index in [0.717, 1.165) is 51.1 Å². The molecule has 2 aromatic rings. The van der Waals surface area contributed by atoms with Crippen molar-refractivity contribution in [3.63, 3.8) is 0 Å². The molecule has 1 aliphatic heterocycles. The van der Waals surface area contributed by atoms with Crippen molar-refractivity contribution in [3.05, 3.63) is 47.5 Å². The number of benzene rings is 1. The number of nitrogens with one attached hydrogen (secondary N) is 4. The van der Waals surface area contributed by atoms with Gasteiger partial charge in [0.25, 0.3) is 5.91 Å². The summed E-state index contributed by atoms with van der Waals surface area (Å²) in [5.41, 5.74) is 0.379. The zero-order valence-electron chi connectivity index (χ0n) is 23.3. The van der Waals surface area contributed by atoms with Crippen LogP contribution in [0.15, 0.2) is 30.5 Å². The highest BCUT2D eigenvalue weighted by molar-refractivity contribution is 6.01. The molecule has 1 aromatic heterocycles. The fourth-order valence-corrected chi connectivity index (χ4v) is 5.87. The van der Waals surface area contributed by atoms with Gasteiger partial charge in [-0.1, -0.05) is 6.07 Å². The number of halogens is 4. The van der Waals surface area contributed by atoms with Gasteiger partial charge in [-0.3, -0.25) is 19.1 Å². The number of aromatic nitrogens is 2. The minimum Gasteiger partial charge on any atom is -0.346 e. The molecule has 3 atom stereocenters. The molecule has 1 saturated heterocycles. The number of alkyl halides is 3. The van der Waals surface area contributed by atoms with E-state index in [2.05, 4.69) is 21.0 Å². The maximum Gasteiger partial charge on any atom is 0.405 e. The molecule has 9 nitrogen and oxygen atoms in total. The SMILES string of the molecule is C[C@H](C(=O)NCC(F)(F)F)c1ccc(NC(=O)[C@@H](NC(=O)c2ccnn2C2CCCNC2)C(C2CC2)C2CC2)c(F)c1. The number of hydrogen-bond acceptors (Lipinski definition) is 5. The highest BCUT2D eigenvalue weighted by Crippen LogP contribution is 2.51. The molecule has 0 radical (unpaired) electrons. The third-order valence-corrected chi connectivity index (χ3v) is 8.41. The summed E-state index contributed by atoms with van der Waals surface area (Å²) in [6, 6.07) is 4.46. The summed E-state index contributed by atoms with van der Waals surface area (Å²) in [5.74, 6) is -3.23. The number of piperidine rings is 1. The standard InChI is InChI=1S/C29H36F4N6O3/c1-16(26(40)35-15-29(31,32)33)19-8-9-22(21(30)13-19)37-28(42)25(24(17-4-5-17)18-6-7-18)38-27(41)23-10-12-36-39(23)20-3-2-11-34-14-20/h8-10,12-13,16-18,20,24-25,34H,2-7,11,14-15H2,1H3,(H,35,40)(H,37,42)(H,38,41)/t16-,20?,25-/m0/s1. The molecule has 1 unspecified atom stereocenters. The summed E-state index contributed by atoms with van der Waals surface area (Å²) in [7, 11) is 0. The number of carbonyl (C=O) groups is 3. The Bertz CT molecular complexity index is 1290. The van der Waals surface area contributed by atoms with Gasteiger partial charge in [-0.2, -0.15) is 18.3 Å². The number of anilines is 1. The van der Waals surface area contributed by atoms with Crippen LogP contribution in [0, 0.1) is 23.6 Å². The highest BCUT2D eigenvalue weighted by atomic mass is 19.4. The molecule has 0 spiro atoms. The van der Waals surface area contributed by atoms with Crippen molar-refractivity contribution in [3.8, 4) is 0 Å². The quantitative estimate of drug-likeness (QED) is 0.296. The normalized spacial score (nSPS) is 20.6. The fraction of sp³-hybridized carbons (Fsp3) is 0.586. The zero-order chi connectivity index (χ0) is 30.0. The molecule has 1 aromatic carbocycles. The first-order chi connectivity index (χ1) is 20.0. The average Bonchev–Trinajstić information content (AvgIpc) is 3.91. The molecule has 5 rings (SSSR count). The monoisotopic (exact) mass is 592 g/mol. The van der Waals surface area contributed by atoms with E-state index in [0.29, 0.717) is 24.1 Å². The van der Waals surface area contributed by atoms with E-state index in [4.69, 9.17) is 0 Å². The fourth-order valence-electron chi connectivity index (χ4n) is 5.87. The van der Waals surface area contributed by atoms with Crippen molar-refractivity contribution >= 4 is 23.4 Å². The number of nitrogens with zero attached hydrogens (tertiary/aromatic N) is 2. The largest absolute Gasteiger partial charge is 0.405 e. The van der Waals surface area contributed by atoms with Crippen LogP contribution in [0.5, 0.6) is 0 Å². The molecule has 2 saturated carbocycles. The Morgan fingerprint density at radius 2 is 1.79 bits per heavy atom. The van der Waals surface area contributed by atoms with Crippen molar-refractivity contribution < 1.29 is 31.9 Å². The van der Waals surface area contributed by atoms with Gasteiger partial charge >= 0.3 is 6.18 Å². The summed E-state index contributed by atoms with van der Waals surface area (Å²) in [6.07, 6.45) is 2.69. The van der Waals surface area contributed by atoms with Crippen LogP contribution < -0.4 is 21.3 Å². The maximum absolute atomic E-state index is 15.1. The lowest BCUT2D eigenvalue weighted by Gasteiger charge is -2.29. The third-order valence-electron chi connectivity index (χ3n) is 8.41. The van der Waals surface area contributed by atoms with E-state index in [1.165, 1.54) is 19.1 Å². The van der Waals surface area contributed by atoms with Crippen molar-refractivity contribution in [2.75, 3.05) is 25.0 Å². The first-order valence-corrected chi connectivity index (χ1v) is 14.5. The smallest absolute Gasteiger partial charge is 0.346 e. The minimum absolute atomic E-state index is 0.0231. The van der Waals surface area contributed by atoms with Crippen molar-refractivity contribution in [2.45, 2.75) is 69.6 Å². The zero-order valence-corrected chi connectivity index (χ0v) is 23.3. The molecule has 2 heterocycles. The number of amides is 3. The Morgan fingerprint density at radius 1 is 1.07 bits per heavy atom. The van der Waals surface area contributed by atoms with Gasteiger partial charge in [0.1, 0.15) is 24.1 Å². The summed E-state index contributed by atoms with van der Waals surface area (Å²) in [6.45, 7) is 1.49. The van der Waals surface area contributed by atoms with Gasteiger partial charge in [0.15, 0.2) is 0 Å². The molecular weight excluding hydrogens is 556 g/mol. The molecule has 0 bridgehead atoms. The second kappa shape index (κ2) is 12.4. The molecule has 4 N–H and O–H groups in total. The Labute approximate surface area is 241 Å². The summed E-state index contributed by atoms with van der Waals surface area (Å²) in [4.78, 5) is 39.4. The van der Waals surface area contributed by atoms with Gasteiger partial charge in [0.2, 0.25) is 11.8 Å². The third kappa shape index (κ3) is 7.29. The van der Waals surface area contributed by atoms with Crippen LogP contribution in [0.25, 0.3) is 0 Å². The Hall–Kier alpha value is -3.48. The van der Waals surface area contributed by atoms with E-state index in [1.807, 2.05) is 0 Å². The summed E-state index contributed by atoms with van der Waals surface area (Å²) in [5, 5.41) is 15.1. The molecule has 228 valence electrons. The average molecular weight is 593 g/mol. The van der Waals surface area contributed by atoms with Crippen molar-refractivity contribution in [1.82, 2.24) is 25.7 Å². The van der Waals surface area contributed by atoms with Crippen LogP contribution in [0.1, 0.15) is 73.5 Å². The first-order valence-electron chi connectivity index (χ1n) is 14.5. The molecule has 13 heteroatoms. The Morgan fingerprint density at radius 3 is 2.38 bits per heavy atom. The van der Waals surface area contributed by atoms with Gasteiger partial charge in [-0.05, 0) is 93.5 Å². The van der Waals surface area contributed by atoms with Crippen LogP contribution in [0.4, 0.5) is 23.2 Å². The van der Waals surface area contributed by atoms with E-state index in [1.54, 1.807) is 22.3 Å². The van der Waals surface area contributed by atoms with Gasteiger partial charge in [-0.15, -0.1) is 0 Å². The lowest BCUT2D eigenvalue weighted by atomic mass is 9.88. The molecule has 3 amide bonds. The Kier molecular flexibility index (Phi) is 8.86. The van der Waals surface area contributed by atoms with Gasteiger partial charge in [0.05, 0.1) is 17.6 Å². The van der Waals surface area contributed by atoms with Crippen LogP contribution in [0.2, 0.25) is 0 Å². The maximum atomic E-state index is 15.1. The van der Waals surface area contributed by atoms with Crippen LogP contribution >= 0.6 is 0 Å². The van der Waals surface area contributed by atoms with Gasteiger partial charge in [0, 0.05) is 12.7 Å². The van der Waals surface area contributed by atoms with E-state index >= 15 is 4.39 Å². The first kappa shape index (κ1) is 30.0. The Balaban J connectivity index is 1.31. The van der Waals surface area contributed by atoms with Gasteiger partial charge in [-0.25, -0.2) is 4.39 Å². The number of hydrogen-bond donors (Lipinski definition) is 4. The summed E-state index contributed by atoms with van der Waals surface area (Å²) >= 11 is 0. The van der Waals surface area contributed by atoms with Crippen molar-refractivity contribution in [1.29, 1.82) is 0 Å². The van der Waals surface area contributed by atoms with E-state index in [-0.39, 0.29) is 23.2 Å². The molecule has 2 aliphatic carbocycles. The second-order valence-electron chi connectivity index (χ2n) is 11.6. The predicted octanol–water partition coefficient (Wildman–Crippen LogP) is 3.90. The number of carbonyl (C=O) groups excluding carboxylic acids is 3. The van der Waals surface area contributed by atoms with Crippen LogP contribution in [0.3, 0.4) is 0 Å². The van der Waals surface area contributed by atoms with Gasteiger partial charge < -0.3 is 21.3 Å². The predicted molar refractivity (Wildman–Crippen MR) is 146 cm³/mol. The van der Waals surface area contributed by atoms with Crippen molar-refractivity contribution in [2.24, 2.45) is 17.8 Å². The molecule has 3 aliphatic rings. The minimum atomic E-state index is -4.56. The molecular formula is C29H36F4N6O3. The topological polar surface area (TPSA) is 117 Å².